The summed E-state index contributed by atoms with van der Waals surface area (Å²) < 4.78 is 52.9. The monoisotopic (exact) mass is 418 g/mol. The first-order valence-corrected chi connectivity index (χ1v) is 9.97. The van der Waals surface area contributed by atoms with Crippen molar-refractivity contribution in [1.82, 2.24) is 9.97 Å². The van der Waals surface area contributed by atoms with E-state index in [2.05, 4.69) is 33.3 Å². The Balaban J connectivity index is 1.53. The lowest BCUT2D eigenvalue weighted by Crippen LogP contribution is -2.21. The minimum atomic E-state index is -4.52. The third-order valence-corrected chi connectivity index (χ3v) is 5.63. The van der Waals surface area contributed by atoms with Gasteiger partial charge in [0.25, 0.3) is 0 Å². The Bertz CT molecular complexity index is 997. The summed E-state index contributed by atoms with van der Waals surface area (Å²) in [7, 11) is 0. The fourth-order valence-corrected chi connectivity index (χ4v) is 3.91. The summed E-state index contributed by atoms with van der Waals surface area (Å²) in [6.45, 7) is 2.03. The van der Waals surface area contributed by atoms with Crippen LogP contribution in [0.5, 0.6) is 0 Å². The number of aromatic nitrogens is 2. The molecule has 2 aromatic rings. The van der Waals surface area contributed by atoms with Gasteiger partial charge in [-0.15, -0.1) is 0 Å². The first kappa shape index (κ1) is 20.5. The second kappa shape index (κ2) is 8.16. The number of benzene rings is 1. The number of alkyl halides is 3. The molecule has 0 amide bonds. The maximum atomic E-state index is 14.1. The molecule has 0 saturated carbocycles. The molecular weight excluding hydrogens is 396 g/mol. The van der Waals surface area contributed by atoms with Crippen LogP contribution in [-0.4, -0.2) is 16.2 Å². The minimum absolute atomic E-state index is 0.0573. The minimum Gasteiger partial charge on any atom is -0.366 e. The van der Waals surface area contributed by atoms with Crippen molar-refractivity contribution in [3.8, 4) is 0 Å². The molecule has 1 aromatic heterocycles. The molecule has 2 unspecified atom stereocenters. The summed E-state index contributed by atoms with van der Waals surface area (Å²) in [5.74, 6) is 0.535. The molecule has 0 fully saturated rings. The summed E-state index contributed by atoms with van der Waals surface area (Å²) in [6.07, 6.45) is 4.44. The third kappa shape index (κ3) is 4.37. The zero-order chi connectivity index (χ0) is 21.3. The van der Waals surface area contributed by atoms with E-state index in [1.807, 2.05) is 6.21 Å². The second-order valence-corrected chi connectivity index (χ2v) is 7.86. The molecule has 2 aliphatic rings. The molecule has 0 spiro atoms. The topological polar surface area (TPSA) is 50.2 Å². The van der Waals surface area contributed by atoms with Gasteiger partial charge < -0.3 is 5.32 Å². The quantitative estimate of drug-likeness (QED) is 0.682. The average Bonchev–Trinajstić information content (AvgIpc) is 2.72. The molecule has 4 rings (SSSR count). The number of aliphatic imine (C=N–C) groups is 1. The molecule has 2 heterocycles. The summed E-state index contributed by atoms with van der Waals surface area (Å²) >= 11 is 0. The molecule has 0 radical (unpaired) electrons. The second-order valence-electron chi connectivity index (χ2n) is 7.86. The Morgan fingerprint density at radius 1 is 1.20 bits per heavy atom. The maximum Gasteiger partial charge on any atom is 0.416 e. The molecule has 1 aromatic carbocycles. The van der Waals surface area contributed by atoms with Crippen LogP contribution in [0, 0.1) is 17.7 Å². The molecular formula is C22H22F4N4. The van der Waals surface area contributed by atoms with Crippen LogP contribution >= 0.6 is 0 Å². The summed E-state index contributed by atoms with van der Waals surface area (Å²) in [5.41, 5.74) is 1.98. The van der Waals surface area contributed by atoms with Crippen molar-refractivity contribution in [3.05, 3.63) is 64.5 Å². The number of hydrogen-bond donors (Lipinski definition) is 1. The van der Waals surface area contributed by atoms with E-state index in [0.717, 1.165) is 54.4 Å². The fraction of sp³-hybridized carbons (Fsp3) is 0.409. The SMILES string of the molecule is CC1C=NC(C2CCc3ncnc(NCc4cc(C(F)(F)F)ccc4F)c3C2)=CC1. The number of nitrogens with one attached hydrogen (secondary N) is 1. The van der Waals surface area contributed by atoms with E-state index in [-0.39, 0.29) is 18.0 Å². The molecule has 4 nitrogen and oxygen atoms in total. The normalized spacial score (nSPS) is 21.2. The van der Waals surface area contributed by atoms with Crippen LogP contribution < -0.4 is 5.32 Å². The average molecular weight is 418 g/mol. The lowest BCUT2D eigenvalue weighted by atomic mass is 9.83. The van der Waals surface area contributed by atoms with Crippen LogP contribution in [0.15, 0.2) is 41.3 Å². The van der Waals surface area contributed by atoms with E-state index in [1.165, 1.54) is 6.33 Å². The van der Waals surface area contributed by atoms with Gasteiger partial charge in [0, 0.05) is 41.2 Å². The number of rotatable bonds is 4. The molecule has 0 saturated heterocycles. The Morgan fingerprint density at radius 3 is 2.77 bits per heavy atom. The van der Waals surface area contributed by atoms with Crippen LogP contribution in [0.4, 0.5) is 23.4 Å². The highest BCUT2D eigenvalue weighted by Crippen LogP contribution is 2.35. The Hall–Kier alpha value is -2.77. The van der Waals surface area contributed by atoms with E-state index in [1.54, 1.807) is 0 Å². The number of anilines is 1. The highest BCUT2D eigenvalue weighted by molar-refractivity contribution is 5.63. The number of fused-ring (bicyclic) bond motifs is 1. The smallest absolute Gasteiger partial charge is 0.366 e. The van der Waals surface area contributed by atoms with E-state index in [4.69, 9.17) is 0 Å². The van der Waals surface area contributed by atoms with Crippen molar-refractivity contribution in [2.45, 2.75) is 45.3 Å². The molecule has 8 heteroatoms. The predicted octanol–water partition coefficient (Wildman–Crippen LogP) is 5.35. The van der Waals surface area contributed by atoms with Crippen LogP contribution in [-0.2, 0) is 25.6 Å². The fourth-order valence-electron chi connectivity index (χ4n) is 3.91. The van der Waals surface area contributed by atoms with Gasteiger partial charge in [0.05, 0.1) is 5.56 Å². The van der Waals surface area contributed by atoms with Crippen molar-refractivity contribution >= 4 is 12.0 Å². The van der Waals surface area contributed by atoms with E-state index >= 15 is 0 Å². The Kier molecular flexibility index (Phi) is 5.58. The number of nitrogens with zero attached hydrogens (tertiary/aromatic N) is 3. The van der Waals surface area contributed by atoms with Crippen molar-refractivity contribution in [1.29, 1.82) is 0 Å². The van der Waals surface area contributed by atoms with Crippen molar-refractivity contribution in [2.75, 3.05) is 5.32 Å². The van der Waals surface area contributed by atoms with Crippen LogP contribution in [0.1, 0.15) is 42.1 Å². The molecule has 158 valence electrons. The van der Waals surface area contributed by atoms with Gasteiger partial charge in [-0.25, -0.2) is 14.4 Å². The number of allylic oxidation sites excluding steroid dienone is 2. The first-order chi connectivity index (χ1) is 14.3. The van der Waals surface area contributed by atoms with Gasteiger partial charge in [0.2, 0.25) is 0 Å². The summed E-state index contributed by atoms with van der Waals surface area (Å²) in [6, 6.07) is 2.43. The lowest BCUT2D eigenvalue weighted by molar-refractivity contribution is -0.137. The van der Waals surface area contributed by atoms with E-state index < -0.39 is 17.6 Å². The van der Waals surface area contributed by atoms with Crippen molar-refractivity contribution in [3.63, 3.8) is 0 Å². The highest BCUT2D eigenvalue weighted by Gasteiger charge is 2.31. The third-order valence-electron chi connectivity index (χ3n) is 5.63. The number of aryl methyl sites for hydroxylation is 1. The largest absolute Gasteiger partial charge is 0.416 e. The zero-order valence-corrected chi connectivity index (χ0v) is 16.5. The molecule has 1 N–H and O–H groups in total. The molecule has 1 aliphatic heterocycles. The number of hydrogen-bond acceptors (Lipinski definition) is 4. The molecule has 30 heavy (non-hydrogen) atoms. The van der Waals surface area contributed by atoms with Gasteiger partial charge in [0.15, 0.2) is 0 Å². The first-order valence-electron chi connectivity index (χ1n) is 9.97. The van der Waals surface area contributed by atoms with Gasteiger partial charge in [-0.3, -0.25) is 4.99 Å². The number of halogens is 4. The van der Waals surface area contributed by atoms with Crippen LogP contribution in [0.2, 0.25) is 0 Å². The molecule has 1 aliphatic carbocycles. The predicted molar refractivity (Wildman–Crippen MR) is 107 cm³/mol. The highest BCUT2D eigenvalue weighted by atomic mass is 19.4. The van der Waals surface area contributed by atoms with E-state index in [9.17, 15) is 17.6 Å². The lowest BCUT2D eigenvalue weighted by Gasteiger charge is -2.27. The van der Waals surface area contributed by atoms with Crippen LogP contribution in [0.3, 0.4) is 0 Å². The van der Waals surface area contributed by atoms with Crippen molar-refractivity contribution < 1.29 is 17.6 Å². The zero-order valence-electron chi connectivity index (χ0n) is 16.5. The maximum absolute atomic E-state index is 14.1. The van der Waals surface area contributed by atoms with Gasteiger partial charge in [-0.1, -0.05) is 13.0 Å². The summed E-state index contributed by atoms with van der Waals surface area (Å²) in [4.78, 5) is 13.2. The van der Waals surface area contributed by atoms with Crippen molar-refractivity contribution in [2.24, 2.45) is 16.8 Å². The van der Waals surface area contributed by atoms with Gasteiger partial charge in [0.1, 0.15) is 18.0 Å². The Labute approximate surface area is 172 Å². The summed E-state index contributed by atoms with van der Waals surface area (Å²) in [5, 5.41) is 3.02. The molecule has 2 atom stereocenters. The Morgan fingerprint density at radius 2 is 2.03 bits per heavy atom. The van der Waals surface area contributed by atoms with E-state index in [0.29, 0.717) is 18.2 Å². The van der Waals surface area contributed by atoms with Crippen LogP contribution in [0.25, 0.3) is 0 Å². The molecule has 0 bridgehead atoms. The van der Waals surface area contributed by atoms with Gasteiger partial charge in [-0.05, 0) is 49.8 Å². The standard InChI is InChI=1S/C22H22F4N4/c1-13-2-6-19(27-10-13)14-3-7-20-17(9-14)21(30-12-29-20)28-11-15-8-16(22(24,25)26)4-5-18(15)23/h4-6,8,10,12-14H,2-3,7,9,11H2,1H3,(H,28,29,30). The van der Waals surface area contributed by atoms with Gasteiger partial charge in [-0.2, -0.15) is 13.2 Å². The van der Waals surface area contributed by atoms with Gasteiger partial charge >= 0.3 is 6.18 Å².